The Labute approximate surface area is 217 Å². The maximum atomic E-state index is 12.9. The molecule has 0 spiro atoms. The number of methoxy groups -OCH3 is 1. The molecule has 0 saturated carbocycles. The molecule has 0 bridgehead atoms. The summed E-state index contributed by atoms with van der Waals surface area (Å²) in [5.41, 5.74) is 0.713. The summed E-state index contributed by atoms with van der Waals surface area (Å²) >= 11 is 0. The van der Waals surface area contributed by atoms with E-state index in [9.17, 15) is 14.7 Å². The van der Waals surface area contributed by atoms with E-state index < -0.39 is 5.60 Å². The first kappa shape index (κ1) is 26.4. The van der Waals surface area contributed by atoms with Crippen molar-refractivity contribution < 1.29 is 19.4 Å². The maximum Gasteiger partial charge on any atom is 0.274 e. The van der Waals surface area contributed by atoms with Gasteiger partial charge in [-0.1, -0.05) is 13.0 Å². The molecule has 198 valence electrons. The van der Waals surface area contributed by atoms with Crippen LogP contribution in [0.2, 0.25) is 0 Å². The number of fused-ring (bicyclic) bond motifs is 1. The number of hydrogen-bond acceptors (Lipinski definition) is 7. The number of carbonyl (C=O) groups is 2. The number of nitrogens with zero attached hydrogens (tertiary/aromatic N) is 4. The molecule has 1 fully saturated rings. The van der Waals surface area contributed by atoms with E-state index in [1.807, 2.05) is 24.8 Å². The fourth-order valence-corrected chi connectivity index (χ4v) is 4.62. The number of anilines is 2. The van der Waals surface area contributed by atoms with Crippen LogP contribution in [0.3, 0.4) is 0 Å². The Morgan fingerprint density at radius 3 is 2.65 bits per heavy atom. The van der Waals surface area contributed by atoms with Crippen LogP contribution in [0.15, 0.2) is 36.5 Å². The third kappa shape index (κ3) is 6.37. The molecule has 2 aromatic heterocycles. The summed E-state index contributed by atoms with van der Waals surface area (Å²) in [4.78, 5) is 32.0. The zero-order valence-electron chi connectivity index (χ0n) is 22.0. The molecule has 3 heterocycles. The summed E-state index contributed by atoms with van der Waals surface area (Å²) in [5, 5.41) is 21.6. The second-order valence-electron chi connectivity index (χ2n) is 10.0. The summed E-state index contributed by atoms with van der Waals surface area (Å²) in [6.45, 7) is 7.86. The summed E-state index contributed by atoms with van der Waals surface area (Å²) in [5.74, 6) is 0.939. The fourth-order valence-electron chi connectivity index (χ4n) is 4.62. The Balaban J connectivity index is 1.45. The number of nitrogens with one attached hydrogen (secondary N) is 2. The van der Waals surface area contributed by atoms with Gasteiger partial charge in [-0.3, -0.25) is 14.3 Å². The zero-order chi connectivity index (χ0) is 26.6. The average Bonchev–Trinajstić information content (AvgIpc) is 3.27. The van der Waals surface area contributed by atoms with Crippen LogP contribution < -0.4 is 15.4 Å². The number of aliphatic hydroxyl groups is 1. The van der Waals surface area contributed by atoms with E-state index in [1.165, 1.54) is 7.11 Å². The van der Waals surface area contributed by atoms with Crippen LogP contribution in [0.4, 0.5) is 11.5 Å². The van der Waals surface area contributed by atoms with Crippen molar-refractivity contribution in [3.8, 4) is 5.75 Å². The second-order valence-corrected chi connectivity index (χ2v) is 10.0. The van der Waals surface area contributed by atoms with E-state index in [4.69, 9.17) is 4.74 Å². The highest BCUT2D eigenvalue weighted by Crippen LogP contribution is 2.31. The molecule has 3 N–H and O–H groups in total. The fraction of sp³-hybridized carbons (Fsp3) is 0.481. The van der Waals surface area contributed by atoms with Crippen LogP contribution in [-0.2, 0) is 11.3 Å². The van der Waals surface area contributed by atoms with E-state index in [0.717, 1.165) is 31.2 Å². The number of benzene rings is 1. The highest BCUT2D eigenvalue weighted by Gasteiger charge is 2.32. The number of aromatic nitrogens is 3. The van der Waals surface area contributed by atoms with E-state index in [0.29, 0.717) is 35.9 Å². The van der Waals surface area contributed by atoms with Crippen molar-refractivity contribution in [3.63, 3.8) is 0 Å². The first-order chi connectivity index (χ1) is 17.7. The molecule has 1 aliphatic rings. The standard InChI is InChI=1S/C27H36N6O4/c1-5-11-28-24-8-6-7-20(29-24)26(35)30-22-14-18-16-33(31-21(18)15-23(22)37-4)17-25(34)32-12-9-19(10-13-32)27(2,3)36/h6-8,14-16,19,36H,5,9-13,17H2,1-4H3,(H,28,29)(H,30,35). The van der Waals surface area contributed by atoms with Crippen molar-refractivity contribution in [3.05, 3.63) is 42.2 Å². The molecule has 3 aromatic rings. The molecule has 1 aromatic carbocycles. The van der Waals surface area contributed by atoms with Crippen molar-refractivity contribution in [2.75, 3.05) is 37.4 Å². The Kier molecular flexibility index (Phi) is 7.97. The van der Waals surface area contributed by atoms with Crippen LogP contribution in [0.25, 0.3) is 10.9 Å². The van der Waals surface area contributed by atoms with Crippen molar-refractivity contribution in [2.24, 2.45) is 5.92 Å². The van der Waals surface area contributed by atoms with Crippen LogP contribution in [-0.4, -0.2) is 68.9 Å². The smallest absolute Gasteiger partial charge is 0.274 e. The summed E-state index contributed by atoms with van der Waals surface area (Å²) in [6.07, 6.45) is 4.31. The van der Waals surface area contributed by atoms with E-state index in [-0.39, 0.29) is 30.0 Å². The third-order valence-electron chi connectivity index (χ3n) is 6.80. The first-order valence-corrected chi connectivity index (χ1v) is 12.8. The summed E-state index contributed by atoms with van der Waals surface area (Å²) in [7, 11) is 1.53. The number of carbonyl (C=O) groups excluding carboxylic acids is 2. The number of ether oxygens (including phenoxy) is 1. The van der Waals surface area contributed by atoms with Crippen LogP contribution in [0.1, 0.15) is 50.5 Å². The lowest BCUT2D eigenvalue weighted by molar-refractivity contribution is -0.134. The lowest BCUT2D eigenvalue weighted by Gasteiger charge is -2.37. The molecule has 1 aliphatic heterocycles. The normalized spacial score (nSPS) is 14.6. The molecule has 4 rings (SSSR count). The van der Waals surface area contributed by atoms with Gasteiger partial charge in [0.15, 0.2) is 0 Å². The zero-order valence-corrected chi connectivity index (χ0v) is 22.0. The largest absolute Gasteiger partial charge is 0.494 e. The van der Waals surface area contributed by atoms with Gasteiger partial charge < -0.3 is 25.4 Å². The van der Waals surface area contributed by atoms with Gasteiger partial charge >= 0.3 is 0 Å². The van der Waals surface area contributed by atoms with Gasteiger partial charge in [0, 0.05) is 37.3 Å². The molecular weight excluding hydrogens is 472 g/mol. The number of amides is 2. The number of rotatable bonds is 9. The molecule has 10 nitrogen and oxygen atoms in total. The highest BCUT2D eigenvalue weighted by molar-refractivity contribution is 6.05. The number of hydrogen-bond donors (Lipinski definition) is 3. The first-order valence-electron chi connectivity index (χ1n) is 12.8. The van der Waals surface area contributed by atoms with E-state index >= 15 is 0 Å². The predicted molar refractivity (Wildman–Crippen MR) is 143 cm³/mol. The van der Waals surface area contributed by atoms with Crippen molar-refractivity contribution in [2.45, 2.75) is 52.2 Å². The predicted octanol–water partition coefficient (Wildman–Crippen LogP) is 3.52. The number of likely N-dealkylation sites (tertiary alicyclic amines) is 1. The second kappa shape index (κ2) is 11.2. The quantitative estimate of drug-likeness (QED) is 0.404. The minimum absolute atomic E-state index is 0.00914. The Hall–Kier alpha value is -3.66. The van der Waals surface area contributed by atoms with Crippen LogP contribution in [0.5, 0.6) is 5.75 Å². The minimum atomic E-state index is -0.730. The van der Waals surface area contributed by atoms with E-state index in [1.54, 1.807) is 35.1 Å². The summed E-state index contributed by atoms with van der Waals surface area (Å²) < 4.78 is 7.11. The number of piperidine rings is 1. The Morgan fingerprint density at radius 1 is 1.22 bits per heavy atom. The van der Waals surface area contributed by atoms with Gasteiger partial charge in [-0.25, -0.2) is 4.98 Å². The van der Waals surface area contributed by atoms with Gasteiger partial charge in [0.25, 0.3) is 5.91 Å². The van der Waals surface area contributed by atoms with Gasteiger partial charge in [0.05, 0.1) is 23.9 Å². The molecule has 10 heteroatoms. The molecule has 0 atom stereocenters. The van der Waals surface area contributed by atoms with Crippen LogP contribution >= 0.6 is 0 Å². The molecule has 0 radical (unpaired) electrons. The molecule has 1 saturated heterocycles. The maximum absolute atomic E-state index is 12.9. The molecule has 2 amide bonds. The highest BCUT2D eigenvalue weighted by atomic mass is 16.5. The van der Waals surface area contributed by atoms with Crippen molar-refractivity contribution in [1.29, 1.82) is 0 Å². The lowest BCUT2D eigenvalue weighted by Crippen LogP contribution is -2.45. The monoisotopic (exact) mass is 508 g/mol. The van der Waals surface area contributed by atoms with Gasteiger partial charge in [-0.15, -0.1) is 0 Å². The molecular formula is C27H36N6O4. The topological polar surface area (TPSA) is 122 Å². The SMILES string of the molecule is CCCNc1cccc(C(=O)Nc2cc3cn(CC(=O)N4CCC(C(C)(C)O)CC4)nc3cc2OC)n1. The Morgan fingerprint density at radius 2 is 1.97 bits per heavy atom. The minimum Gasteiger partial charge on any atom is -0.494 e. The van der Waals surface area contributed by atoms with Crippen LogP contribution in [0, 0.1) is 5.92 Å². The molecule has 0 aliphatic carbocycles. The Bertz CT molecular complexity index is 1260. The van der Waals surface area contributed by atoms with Gasteiger partial charge in [0.2, 0.25) is 5.91 Å². The molecule has 37 heavy (non-hydrogen) atoms. The van der Waals surface area contributed by atoms with Crippen molar-refractivity contribution in [1.82, 2.24) is 19.7 Å². The lowest BCUT2D eigenvalue weighted by atomic mass is 9.83. The number of pyridine rings is 1. The van der Waals surface area contributed by atoms with E-state index in [2.05, 4.69) is 27.6 Å². The summed E-state index contributed by atoms with van der Waals surface area (Å²) in [6, 6.07) is 8.80. The van der Waals surface area contributed by atoms with Crippen molar-refractivity contribution >= 4 is 34.2 Å². The average molecular weight is 509 g/mol. The van der Waals surface area contributed by atoms with Gasteiger partial charge in [-0.2, -0.15) is 5.10 Å². The third-order valence-corrected chi connectivity index (χ3v) is 6.80. The van der Waals surface area contributed by atoms with Gasteiger partial charge in [0.1, 0.15) is 23.8 Å². The van der Waals surface area contributed by atoms with Gasteiger partial charge in [-0.05, 0) is 57.2 Å². The molecule has 0 unspecified atom stereocenters.